The molecule has 1 aromatic rings. The molecule has 6 nitrogen and oxygen atoms in total. The molecule has 1 unspecified atom stereocenters. The van der Waals surface area contributed by atoms with Gasteiger partial charge in [0.15, 0.2) is 0 Å². The summed E-state index contributed by atoms with van der Waals surface area (Å²) in [6.45, 7) is 0. The van der Waals surface area contributed by atoms with Crippen molar-refractivity contribution in [2.75, 3.05) is 16.8 Å². The summed E-state index contributed by atoms with van der Waals surface area (Å²) in [5.74, 6) is 0.765. The molecule has 0 spiro atoms. The molecule has 1 fully saturated rings. The average Bonchev–Trinajstić information content (AvgIpc) is 2.39. The van der Waals surface area contributed by atoms with Gasteiger partial charge in [0.1, 0.15) is 5.69 Å². The third-order valence-electron chi connectivity index (χ3n) is 2.98. The van der Waals surface area contributed by atoms with E-state index in [0.29, 0.717) is 0 Å². The summed E-state index contributed by atoms with van der Waals surface area (Å²) in [5.41, 5.74) is -0.118. The normalized spacial score (nSPS) is 18.8. The Balaban J connectivity index is 2.34. The first-order chi connectivity index (χ1) is 9.09. The Morgan fingerprint density at radius 1 is 1.53 bits per heavy atom. The maximum Gasteiger partial charge on any atom is 0.338 e. The standard InChI is InChI=1S/C12H14N2O4S/c15-12(16)9-4-1-5-10(14(17)18)11(9)13-8-3-2-6-19-7-8/h1,4-5,8,13H,2-3,6-7H2,(H,15,16). The van der Waals surface area contributed by atoms with E-state index in [1.54, 1.807) is 11.8 Å². The van der Waals surface area contributed by atoms with Crippen LogP contribution in [0.15, 0.2) is 18.2 Å². The zero-order valence-electron chi connectivity index (χ0n) is 10.2. The van der Waals surface area contributed by atoms with Crippen LogP contribution in [0.4, 0.5) is 11.4 Å². The SMILES string of the molecule is O=C(O)c1cccc([N+](=O)[O-])c1NC1CCCSC1. The Hall–Kier alpha value is -1.76. The van der Waals surface area contributed by atoms with E-state index in [1.165, 1.54) is 18.2 Å². The molecule has 0 radical (unpaired) electrons. The number of anilines is 1. The van der Waals surface area contributed by atoms with Gasteiger partial charge in [-0.1, -0.05) is 6.07 Å². The Morgan fingerprint density at radius 2 is 2.32 bits per heavy atom. The topological polar surface area (TPSA) is 92.5 Å². The molecule has 102 valence electrons. The second-order valence-corrected chi connectivity index (χ2v) is 5.47. The molecule has 2 rings (SSSR count). The lowest BCUT2D eigenvalue weighted by molar-refractivity contribution is -0.384. The number of aromatic carboxylic acids is 1. The second-order valence-electron chi connectivity index (χ2n) is 4.32. The van der Waals surface area contributed by atoms with Crippen LogP contribution in [0.3, 0.4) is 0 Å². The summed E-state index contributed by atoms with van der Waals surface area (Å²) in [4.78, 5) is 21.6. The van der Waals surface area contributed by atoms with E-state index in [0.717, 1.165) is 24.3 Å². The quantitative estimate of drug-likeness (QED) is 0.651. The molecule has 0 amide bonds. The van der Waals surface area contributed by atoms with E-state index in [-0.39, 0.29) is 23.0 Å². The minimum Gasteiger partial charge on any atom is -0.478 e. The predicted molar refractivity (Wildman–Crippen MR) is 74.0 cm³/mol. The maximum absolute atomic E-state index is 11.2. The van der Waals surface area contributed by atoms with E-state index in [4.69, 9.17) is 5.11 Å². The third-order valence-corrected chi connectivity index (χ3v) is 4.19. The number of nitrogens with zero attached hydrogens (tertiary/aromatic N) is 1. The van der Waals surface area contributed by atoms with Crippen molar-refractivity contribution in [3.05, 3.63) is 33.9 Å². The molecule has 1 aliphatic heterocycles. The first kappa shape index (κ1) is 13.7. The summed E-state index contributed by atoms with van der Waals surface area (Å²) >= 11 is 1.77. The van der Waals surface area contributed by atoms with E-state index in [2.05, 4.69) is 5.32 Å². The Bertz CT molecular complexity index is 468. The van der Waals surface area contributed by atoms with Gasteiger partial charge in [-0.25, -0.2) is 4.79 Å². The van der Waals surface area contributed by atoms with Gasteiger partial charge in [0, 0.05) is 17.9 Å². The molecule has 1 aromatic carbocycles. The van der Waals surface area contributed by atoms with Crippen molar-refractivity contribution in [2.45, 2.75) is 18.9 Å². The van der Waals surface area contributed by atoms with Crippen LogP contribution in [0.1, 0.15) is 23.2 Å². The van der Waals surface area contributed by atoms with Gasteiger partial charge in [-0.15, -0.1) is 0 Å². The molecule has 19 heavy (non-hydrogen) atoms. The van der Waals surface area contributed by atoms with Crippen LogP contribution in [-0.2, 0) is 0 Å². The monoisotopic (exact) mass is 282 g/mol. The fourth-order valence-electron chi connectivity index (χ4n) is 2.08. The lowest BCUT2D eigenvalue weighted by Gasteiger charge is -2.24. The number of carboxylic acid groups (broad SMARTS) is 1. The van der Waals surface area contributed by atoms with Gasteiger partial charge in [0.25, 0.3) is 5.69 Å². The number of nitro benzene ring substituents is 1. The summed E-state index contributed by atoms with van der Waals surface area (Å²) < 4.78 is 0. The van der Waals surface area contributed by atoms with Gasteiger partial charge in [-0.05, 0) is 24.7 Å². The number of thioether (sulfide) groups is 1. The molecule has 0 saturated carbocycles. The second kappa shape index (κ2) is 5.92. The van der Waals surface area contributed by atoms with Crippen LogP contribution >= 0.6 is 11.8 Å². The number of hydrogen-bond donors (Lipinski definition) is 2. The summed E-state index contributed by atoms with van der Waals surface area (Å²) in [5, 5.41) is 23.2. The van der Waals surface area contributed by atoms with Crippen LogP contribution in [0.5, 0.6) is 0 Å². The molecular weight excluding hydrogens is 268 g/mol. The largest absolute Gasteiger partial charge is 0.478 e. The lowest BCUT2D eigenvalue weighted by atomic mass is 10.1. The highest BCUT2D eigenvalue weighted by molar-refractivity contribution is 7.99. The fraction of sp³-hybridized carbons (Fsp3) is 0.417. The van der Waals surface area contributed by atoms with Crippen molar-refractivity contribution >= 4 is 29.1 Å². The molecule has 1 saturated heterocycles. The average molecular weight is 282 g/mol. The summed E-state index contributed by atoms with van der Waals surface area (Å²) in [7, 11) is 0. The number of rotatable bonds is 4. The molecule has 2 N–H and O–H groups in total. The predicted octanol–water partition coefficient (Wildman–Crippen LogP) is 2.60. The first-order valence-corrected chi connectivity index (χ1v) is 7.10. The fourth-order valence-corrected chi connectivity index (χ4v) is 3.15. The number of para-hydroxylation sites is 1. The van der Waals surface area contributed by atoms with Crippen LogP contribution in [0, 0.1) is 10.1 Å². The zero-order valence-corrected chi connectivity index (χ0v) is 11.0. The third kappa shape index (κ3) is 3.17. The minimum atomic E-state index is -1.16. The van der Waals surface area contributed by atoms with Crippen LogP contribution in [-0.4, -0.2) is 33.5 Å². The van der Waals surface area contributed by atoms with Crippen molar-refractivity contribution in [3.8, 4) is 0 Å². The molecular formula is C12H14N2O4S. The van der Waals surface area contributed by atoms with Crippen LogP contribution < -0.4 is 5.32 Å². The first-order valence-electron chi connectivity index (χ1n) is 5.94. The van der Waals surface area contributed by atoms with E-state index < -0.39 is 10.9 Å². The smallest absolute Gasteiger partial charge is 0.338 e. The summed E-state index contributed by atoms with van der Waals surface area (Å²) in [6, 6.07) is 4.18. The summed E-state index contributed by atoms with van der Waals surface area (Å²) in [6.07, 6.45) is 1.93. The van der Waals surface area contributed by atoms with Crippen molar-refractivity contribution in [2.24, 2.45) is 0 Å². The zero-order chi connectivity index (χ0) is 13.8. The van der Waals surface area contributed by atoms with Crippen LogP contribution in [0.25, 0.3) is 0 Å². The molecule has 7 heteroatoms. The molecule has 1 heterocycles. The Morgan fingerprint density at radius 3 is 2.89 bits per heavy atom. The molecule has 0 aliphatic carbocycles. The molecule has 0 aromatic heterocycles. The van der Waals surface area contributed by atoms with Crippen molar-refractivity contribution in [1.82, 2.24) is 0 Å². The highest BCUT2D eigenvalue weighted by atomic mass is 32.2. The molecule has 0 bridgehead atoms. The lowest BCUT2D eigenvalue weighted by Crippen LogP contribution is -2.27. The molecule has 1 aliphatic rings. The van der Waals surface area contributed by atoms with Crippen molar-refractivity contribution in [1.29, 1.82) is 0 Å². The van der Waals surface area contributed by atoms with Gasteiger partial charge in [0.05, 0.1) is 10.5 Å². The number of nitrogens with one attached hydrogen (secondary N) is 1. The van der Waals surface area contributed by atoms with Gasteiger partial charge in [-0.2, -0.15) is 11.8 Å². The Labute approximate surface area is 114 Å². The van der Waals surface area contributed by atoms with E-state index in [1.807, 2.05) is 0 Å². The van der Waals surface area contributed by atoms with E-state index >= 15 is 0 Å². The van der Waals surface area contributed by atoms with Gasteiger partial charge in [0.2, 0.25) is 0 Å². The van der Waals surface area contributed by atoms with Crippen molar-refractivity contribution < 1.29 is 14.8 Å². The van der Waals surface area contributed by atoms with E-state index in [9.17, 15) is 14.9 Å². The number of hydrogen-bond acceptors (Lipinski definition) is 5. The van der Waals surface area contributed by atoms with Gasteiger partial charge < -0.3 is 10.4 Å². The Kier molecular flexibility index (Phi) is 4.26. The van der Waals surface area contributed by atoms with Gasteiger partial charge >= 0.3 is 5.97 Å². The number of carboxylic acids is 1. The van der Waals surface area contributed by atoms with Gasteiger partial charge in [-0.3, -0.25) is 10.1 Å². The number of benzene rings is 1. The van der Waals surface area contributed by atoms with Crippen LogP contribution in [0.2, 0.25) is 0 Å². The molecule has 1 atom stereocenters. The highest BCUT2D eigenvalue weighted by Gasteiger charge is 2.24. The number of carbonyl (C=O) groups is 1. The maximum atomic E-state index is 11.2. The van der Waals surface area contributed by atoms with Crippen molar-refractivity contribution in [3.63, 3.8) is 0 Å². The highest BCUT2D eigenvalue weighted by Crippen LogP contribution is 2.31. The minimum absolute atomic E-state index is 0.0511. The number of nitro groups is 1.